The van der Waals surface area contributed by atoms with E-state index in [2.05, 4.69) is 36.8 Å². The van der Waals surface area contributed by atoms with Crippen molar-refractivity contribution >= 4 is 49.6 Å². The molecule has 2 rings (SSSR count). The number of rotatable bonds is 3. The number of aromatic carboxylic acids is 1. The van der Waals surface area contributed by atoms with Gasteiger partial charge >= 0.3 is 5.97 Å². The molecule has 18 heavy (non-hydrogen) atoms. The zero-order valence-corrected chi connectivity index (χ0v) is 12.4. The normalized spacial score (nSPS) is 19.3. The van der Waals surface area contributed by atoms with Gasteiger partial charge in [0.1, 0.15) is 5.82 Å². The van der Waals surface area contributed by atoms with E-state index in [0.717, 1.165) is 5.33 Å². The van der Waals surface area contributed by atoms with Crippen LogP contribution in [0, 0.1) is 5.92 Å². The molecule has 1 aliphatic heterocycles. The Hall–Kier alpha value is -0.950. The summed E-state index contributed by atoms with van der Waals surface area (Å²) in [5.41, 5.74) is 0.107. The third-order valence-electron chi connectivity index (χ3n) is 2.77. The van der Waals surface area contributed by atoms with Crippen LogP contribution in [0.2, 0.25) is 0 Å². The predicted octanol–water partition coefficient (Wildman–Crippen LogP) is 2.29. The van der Waals surface area contributed by atoms with Crippen LogP contribution in [0.25, 0.3) is 0 Å². The van der Waals surface area contributed by atoms with Crippen LogP contribution in [-0.4, -0.2) is 33.8 Å². The van der Waals surface area contributed by atoms with E-state index in [1.807, 2.05) is 0 Å². The second kappa shape index (κ2) is 5.36. The molecule has 2 heterocycles. The Bertz CT molecular complexity index is 507. The fourth-order valence-electron chi connectivity index (χ4n) is 1.85. The molecular weight excluding hydrogens is 368 g/mol. The molecule has 96 valence electrons. The van der Waals surface area contributed by atoms with E-state index in [9.17, 15) is 9.59 Å². The van der Waals surface area contributed by atoms with Crippen molar-refractivity contribution in [2.75, 3.05) is 16.8 Å². The average Bonchev–Trinajstić information content (AvgIpc) is 2.71. The first-order valence-electron chi connectivity index (χ1n) is 5.28. The molecule has 1 amide bonds. The largest absolute Gasteiger partial charge is 0.478 e. The van der Waals surface area contributed by atoms with Crippen molar-refractivity contribution in [2.24, 2.45) is 5.92 Å². The molecule has 7 heteroatoms. The van der Waals surface area contributed by atoms with Gasteiger partial charge in [0.25, 0.3) is 0 Å². The number of carboxylic acid groups (broad SMARTS) is 1. The number of hydrogen-bond acceptors (Lipinski definition) is 3. The average molecular weight is 378 g/mol. The molecule has 1 aliphatic rings. The number of pyridine rings is 1. The lowest BCUT2D eigenvalue weighted by Crippen LogP contribution is -2.26. The number of carbonyl (C=O) groups excluding carboxylic acids is 1. The number of amides is 1. The van der Waals surface area contributed by atoms with Gasteiger partial charge in [0, 0.05) is 24.5 Å². The van der Waals surface area contributed by atoms with Gasteiger partial charge in [-0.1, -0.05) is 15.9 Å². The molecule has 1 fully saturated rings. The zero-order valence-electron chi connectivity index (χ0n) is 9.27. The van der Waals surface area contributed by atoms with Gasteiger partial charge in [-0.3, -0.25) is 9.69 Å². The number of halogens is 2. The number of carbonyl (C=O) groups is 2. The highest BCUT2D eigenvalue weighted by atomic mass is 79.9. The topological polar surface area (TPSA) is 70.5 Å². The van der Waals surface area contributed by atoms with Crippen LogP contribution in [0.4, 0.5) is 5.82 Å². The quantitative estimate of drug-likeness (QED) is 0.820. The molecule has 1 unspecified atom stereocenters. The van der Waals surface area contributed by atoms with E-state index < -0.39 is 5.97 Å². The monoisotopic (exact) mass is 376 g/mol. The van der Waals surface area contributed by atoms with Crippen LogP contribution >= 0.6 is 31.9 Å². The summed E-state index contributed by atoms with van der Waals surface area (Å²) in [4.78, 5) is 28.5. The maximum absolute atomic E-state index is 11.8. The van der Waals surface area contributed by atoms with Crippen molar-refractivity contribution in [1.29, 1.82) is 0 Å². The SMILES string of the molecule is O=C(O)c1cc(N2CC(CBr)CC2=O)ncc1Br. The fourth-order valence-corrected chi connectivity index (χ4v) is 2.67. The van der Waals surface area contributed by atoms with Gasteiger partial charge < -0.3 is 5.11 Å². The molecule has 5 nitrogen and oxygen atoms in total. The lowest BCUT2D eigenvalue weighted by atomic mass is 10.2. The molecule has 0 radical (unpaired) electrons. The highest BCUT2D eigenvalue weighted by molar-refractivity contribution is 9.10. The lowest BCUT2D eigenvalue weighted by molar-refractivity contribution is -0.117. The zero-order chi connectivity index (χ0) is 13.3. The summed E-state index contributed by atoms with van der Waals surface area (Å²) >= 11 is 6.48. The molecule has 0 saturated carbocycles. The molecule has 1 N–H and O–H groups in total. The number of anilines is 1. The van der Waals surface area contributed by atoms with Gasteiger partial charge in [-0.15, -0.1) is 0 Å². The van der Waals surface area contributed by atoms with Crippen LogP contribution in [0.1, 0.15) is 16.8 Å². The van der Waals surface area contributed by atoms with Crippen LogP contribution in [-0.2, 0) is 4.79 Å². The highest BCUT2D eigenvalue weighted by Gasteiger charge is 2.31. The fraction of sp³-hybridized carbons (Fsp3) is 0.364. The Labute approximate surface area is 120 Å². The molecule has 1 aromatic rings. The van der Waals surface area contributed by atoms with Gasteiger partial charge in [-0.05, 0) is 27.9 Å². The third kappa shape index (κ3) is 2.56. The van der Waals surface area contributed by atoms with E-state index >= 15 is 0 Å². The van der Waals surface area contributed by atoms with Crippen molar-refractivity contribution in [3.05, 3.63) is 22.3 Å². The van der Waals surface area contributed by atoms with Crippen molar-refractivity contribution in [3.8, 4) is 0 Å². The van der Waals surface area contributed by atoms with Gasteiger partial charge in [-0.2, -0.15) is 0 Å². The molecule has 0 spiro atoms. The predicted molar refractivity (Wildman–Crippen MR) is 73.2 cm³/mol. The molecule has 1 saturated heterocycles. The molecular formula is C11H10Br2N2O3. The Morgan fingerprint density at radius 1 is 1.61 bits per heavy atom. The number of nitrogens with zero attached hydrogens (tertiary/aromatic N) is 2. The first kappa shape index (κ1) is 13.5. The number of hydrogen-bond donors (Lipinski definition) is 1. The lowest BCUT2D eigenvalue weighted by Gasteiger charge is -2.15. The standard InChI is InChI=1S/C11H10Br2N2O3/c12-3-6-1-10(16)15(5-6)9-2-7(11(17)18)8(13)4-14-9/h2,4,6H,1,3,5H2,(H,17,18). The van der Waals surface area contributed by atoms with Crippen molar-refractivity contribution in [3.63, 3.8) is 0 Å². The van der Waals surface area contributed by atoms with Crippen molar-refractivity contribution in [1.82, 2.24) is 4.98 Å². The van der Waals surface area contributed by atoms with E-state index in [0.29, 0.717) is 23.3 Å². The molecule has 0 aliphatic carbocycles. The van der Waals surface area contributed by atoms with E-state index in [1.165, 1.54) is 17.2 Å². The summed E-state index contributed by atoms with van der Waals surface area (Å²) in [7, 11) is 0. The van der Waals surface area contributed by atoms with Gasteiger partial charge in [-0.25, -0.2) is 9.78 Å². The van der Waals surface area contributed by atoms with Gasteiger partial charge in [0.15, 0.2) is 0 Å². The second-order valence-corrected chi connectivity index (χ2v) is 5.56. The maximum atomic E-state index is 11.8. The Morgan fingerprint density at radius 2 is 2.33 bits per heavy atom. The first-order valence-corrected chi connectivity index (χ1v) is 7.19. The van der Waals surface area contributed by atoms with Gasteiger partial charge in [0.2, 0.25) is 5.91 Å². The molecule has 0 aromatic carbocycles. The van der Waals surface area contributed by atoms with Crippen LogP contribution < -0.4 is 4.90 Å². The number of carboxylic acids is 1. The van der Waals surface area contributed by atoms with Crippen molar-refractivity contribution in [2.45, 2.75) is 6.42 Å². The van der Waals surface area contributed by atoms with Crippen LogP contribution in [0.3, 0.4) is 0 Å². The van der Waals surface area contributed by atoms with Crippen LogP contribution in [0.5, 0.6) is 0 Å². The maximum Gasteiger partial charge on any atom is 0.337 e. The number of aromatic nitrogens is 1. The minimum Gasteiger partial charge on any atom is -0.478 e. The summed E-state index contributed by atoms with van der Waals surface area (Å²) in [5.74, 6) is -0.430. The van der Waals surface area contributed by atoms with Gasteiger partial charge in [0.05, 0.1) is 10.0 Å². The first-order chi connectivity index (χ1) is 8.52. The summed E-state index contributed by atoms with van der Waals surface area (Å²) in [6.07, 6.45) is 1.87. The van der Waals surface area contributed by atoms with E-state index in [1.54, 1.807) is 0 Å². The summed E-state index contributed by atoms with van der Waals surface area (Å²) in [6, 6.07) is 1.42. The minimum atomic E-state index is -1.05. The third-order valence-corrected chi connectivity index (χ3v) is 4.32. The van der Waals surface area contributed by atoms with Crippen molar-refractivity contribution < 1.29 is 14.7 Å². The smallest absolute Gasteiger partial charge is 0.337 e. The number of alkyl halides is 1. The second-order valence-electron chi connectivity index (χ2n) is 4.06. The summed E-state index contributed by atoms with van der Waals surface area (Å²) in [6.45, 7) is 0.567. The Morgan fingerprint density at radius 3 is 2.89 bits per heavy atom. The van der Waals surface area contributed by atoms with E-state index in [4.69, 9.17) is 5.11 Å². The van der Waals surface area contributed by atoms with E-state index in [-0.39, 0.29) is 17.4 Å². The summed E-state index contributed by atoms with van der Waals surface area (Å²) in [5, 5.41) is 9.78. The molecule has 1 atom stereocenters. The minimum absolute atomic E-state index is 0.0226. The highest BCUT2D eigenvalue weighted by Crippen LogP contribution is 2.27. The Balaban J connectivity index is 2.32. The summed E-state index contributed by atoms with van der Waals surface area (Å²) < 4.78 is 0.405. The molecule has 1 aromatic heterocycles. The van der Waals surface area contributed by atoms with Crippen LogP contribution in [0.15, 0.2) is 16.7 Å². The molecule has 0 bridgehead atoms. The Kier molecular flexibility index (Phi) is 4.01.